The molecule has 3 rings (SSSR count). The van der Waals surface area contributed by atoms with Crippen molar-refractivity contribution in [2.24, 2.45) is 0 Å². The summed E-state index contributed by atoms with van der Waals surface area (Å²) in [6.07, 6.45) is 2.65. The van der Waals surface area contributed by atoms with E-state index in [1.807, 2.05) is 31.2 Å². The second-order valence-electron chi connectivity index (χ2n) is 5.22. The molecule has 0 spiro atoms. The number of carbonyl (C=O) groups is 2. The first-order valence-corrected chi connectivity index (χ1v) is 7.85. The number of ketones is 2. The lowest BCUT2D eigenvalue weighted by atomic mass is 10.1. The second kappa shape index (κ2) is 6.34. The highest BCUT2D eigenvalue weighted by Crippen LogP contribution is 2.27. The molecule has 0 aromatic heterocycles. The first-order chi connectivity index (χ1) is 11.0. The monoisotopic (exact) mass is 368 g/mol. The van der Waals surface area contributed by atoms with Gasteiger partial charge >= 0.3 is 0 Å². The lowest BCUT2D eigenvalue weighted by Crippen LogP contribution is -2.01. The molecule has 3 nitrogen and oxygen atoms in total. The molecular formula is C19H13BrO3. The molecule has 2 aromatic rings. The Morgan fingerprint density at radius 1 is 1.04 bits per heavy atom. The van der Waals surface area contributed by atoms with Gasteiger partial charge in [-0.25, -0.2) is 0 Å². The van der Waals surface area contributed by atoms with Gasteiger partial charge in [0.15, 0.2) is 11.5 Å². The van der Waals surface area contributed by atoms with Crippen LogP contribution in [0.5, 0.6) is 0 Å². The molecule has 0 bridgehead atoms. The van der Waals surface area contributed by atoms with Crippen LogP contribution in [-0.2, 0) is 9.53 Å². The highest BCUT2D eigenvalue weighted by Gasteiger charge is 2.23. The van der Waals surface area contributed by atoms with Crippen molar-refractivity contribution in [2.45, 2.75) is 6.92 Å². The average molecular weight is 369 g/mol. The molecule has 114 valence electrons. The molecular weight excluding hydrogens is 356 g/mol. The Kier molecular flexibility index (Phi) is 4.26. The van der Waals surface area contributed by atoms with E-state index in [0.717, 1.165) is 15.6 Å². The molecule has 1 aliphatic rings. The number of rotatable bonds is 3. The fourth-order valence-corrected chi connectivity index (χ4v) is 2.43. The standard InChI is InChI=1S/C19H13BrO3/c1-12-2-4-14(5-3-12)18-11-17(22)19(23-18)10-16(21)13-6-8-15(20)9-7-13/h2-11H,1H3/b19-10+. The molecule has 0 atom stereocenters. The predicted molar refractivity (Wildman–Crippen MR) is 91.8 cm³/mol. The molecule has 0 aliphatic carbocycles. The van der Waals surface area contributed by atoms with Crippen molar-refractivity contribution < 1.29 is 14.3 Å². The first-order valence-electron chi connectivity index (χ1n) is 7.05. The first kappa shape index (κ1) is 15.4. The number of carbonyl (C=O) groups excluding carboxylic acids is 2. The van der Waals surface area contributed by atoms with Gasteiger partial charge in [-0.05, 0) is 31.2 Å². The maximum Gasteiger partial charge on any atom is 0.224 e. The number of aryl methyl sites for hydroxylation is 1. The zero-order chi connectivity index (χ0) is 16.4. The third-order valence-corrected chi connectivity index (χ3v) is 3.98. The largest absolute Gasteiger partial charge is 0.452 e. The second-order valence-corrected chi connectivity index (χ2v) is 6.14. The van der Waals surface area contributed by atoms with Gasteiger partial charge in [0.05, 0.1) is 0 Å². The van der Waals surface area contributed by atoms with Crippen LogP contribution in [0.3, 0.4) is 0 Å². The third kappa shape index (κ3) is 3.48. The van der Waals surface area contributed by atoms with Crippen LogP contribution in [0.4, 0.5) is 0 Å². The van der Waals surface area contributed by atoms with Crippen molar-refractivity contribution >= 4 is 33.3 Å². The SMILES string of the molecule is Cc1ccc(C2=CC(=O)/C(=C\C(=O)c3ccc(Br)cc3)O2)cc1. The van der Waals surface area contributed by atoms with Crippen LogP contribution in [0.2, 0.25) is 0 Å². The van der Waals surface area contributed by atoms with Crippen LogP contribution >= 0.6 is 15.9 Å². The number of hydrogen-bond acceptors (Lipinski definition) is 3. The maximum absolute atomic E-state index is 12.2. The minimum atomic E-state index is -0.300. The lowest BCUT2D eigenvalue weighted by Gasteiger charge is -2.04. The zero-order valence-electron chi connectivity index (χ0n) is 12.4. The summed E-state index contributed by atoms with van der Waals surface area (Å²) in [6, 6.07) is 14.6. The molecule has 0 unspecified atom stereocenters. The van der Waals surface area contributed by atoms with E-state index in [1.54, 1.807) is 24.3 Å². The topological polar surface area (TPSA) is 43.4 Å². The number of hydrogen-bond donors (Lipinski definition) is 0. The van der Waals surface area contributed by atoms with Crippen LogP contribution < -0.4 is 0 Å². The number of halogens is 1. The van der Waals surface area contributed by atoms with E-state index >= 15 is 0 Å². The van der Waals surface area contributed by atoms with Gasteiger partial charge in [-0.1, -0.05) is 45.8 Å². The van der Waals surface area contributed by atoms with Gasteiger partial charge in [0, 0.05) is 27.8 Å². The van der Waals surface area contributed by atoms with Gasteiger partial charge in [0.25, 0.3) is 0 Å². The summed E-state index contributed by atoms with van der Waals surface area (Å²) < 4.78 is 6.45. The van der Waals surface area contributed by atoms with Crippen LogP contribution in [0.15, 0.2) is 70.9 Å². The summed E-state index contributed by atoms with van der Waals surface area (Å²) in [4.78, 5) is 24.2. The highest BCUT2D eigenvalue weighted by atomic mass is 79.9. The van der Waals surface area contributed by atoms with Crippen LogP contribution in [0.1, 0.15) is 21.5 Å². The fraction of sp³-hybridized carbons (Fsp3) is 0.0526. The van der Waals surface area contributed by atoms with E-state index in [1.165, 1.54) is 12.2 Å². The Bertz CT molecular complexity index is 828. The lowest BCUT2D eigenvalue weighted by molar-refractivity contribution is -0.112. The molecule has 23 heavy (non-hydrogen) atoms. The molecule has 0 amide bonds. The summed E-state index contributed by atoms with van der Waals surface area (Å²) in [7, 11) is 0. The van der Waals surface area contributed by atoms with Crippen molar-refractivity contribution in [3.8, 4) is 0 Å². The summed E-state index contributed by atoms with van der Waals surface area (Å²) in [6.45, 7) is 1.99. The molecule has 0 N–H and O–H groups in total. The van der Waals surface area contributed by atoms with Crippen molar-refractivity contribution in [3.63, 3.8) is 0 Å². The molecule has 0 fully saturated rings. The molecule has 2 aromatic carbocycles. The summed E-state index contributed by atoms with van der Waals surface area (Å²) in [5.41, 5.74) is 2.43. The van der Waals surface area contributed by atoms with E-state index in [-0.39, 0.29) is 17.3 Å². The smallest absolute Gasteiger partial charge is 0.224 e. The van der Waals surface area contributed by atoms with Gasteiger partial charge in [-0.3, -0.25) is 9.59 Å². The Labute approximate surface area is 142 Å². The molecule has 0 saturated carbocycles. The number of allylic oxidation sites excluding steroid dienone is 2. The summed E-state index contributed by atoms with van der Waals surface area (Å²) in [5, 5.41) is 0. The Balaban J connectivity index is 1.80. The Hall–Kier alpha value is -2.46. The van der Waals surface area contributed by atoms with E-state index in [4.69, 9.17) is 4.74 Å². The van der Waals surface area contributed by atoms with Gasteiger partial charge in [0.1, 0.15) is 5.76 Å². The van der Waals surface area contributed by atoms with E-state index in [0.29, 0.717) is 11.3 Å². The molecule has 1 heterocycles. The summed E-state index contributed by atoms with van der Waals surface area (Å²) in [5.74, 6) is -0.0520. The predicted octanol–water partition coefficient (Wildman–Crippen LogP) is 4.46. The van der Waals surface area contributed by atoms with Crippen LogP contribution in [0, 0.1) is 6.92 Å². The summed E-state index contributed by atoms with van der Waals surface area (Å²) >= 11 is 3.32. The van der Waals surface area contributed by atoms with Crippen LogP contribution in [-0.4, -0.2) is 11.6 Å². The Morgan fingerprint density at radius 3 is 2.35 bits per heavy atom. The van der Waals surface area contributed by atoms with Gasteiger partial charge in [-0.2, -0.15) is 0 Å². The van der Waals surface area contributed by atoms with Crippen molar-refractivity contribution in [1.29, 1.82) is 0 Å². The van der Waals surface area contributed by atoms with Crippen molar-refractivity contribution in [2.75, 3.05) is 0 Å². The van der Waals surface area contributed by atoms with E-state index < -0.39 is 0 Å². The number of benzene rings is 2. The number of ether oxygens (including phenoxy) is 1. The highest BCUT2D eigenvalue weighted by molar-refractivity contribution is 9.10. The van der Waals surface area contributed by atoms with Gasteiger partial charge in [0.2, 0.25) is 5.78 Å². The molecule has 1 aliphatic heterocycles. The molecule has 4 heteroatoms. The minimum Gasteiger partial charge on any atom is -0.452 e. The molecule has 0 saturated heterocycles. The van der Waals surface area contributed by atoms with E-state index in [2.05, 4.69) is 15.9 Å². The quantitative estimate of drug-likeness (QED) is 0.593. The average Bonchev–Trinajstić information content (AvgIpc) is 2.89. The van der Waals surface area contributed by atoms with Crippen LogP contribution in [0.25, 0.3) is 5.76 Å². The van der Waals surface area contributed by atoms with E-state index in [9.17, 15) is 9.59 Å². The third-order valence-electron chi connectivity index (χ3n) is 3.45. The van der Waals surface area contributed by atoms with Gasteiger partial charge < -0.3 is 4.74 Å². The minimum absolute atomic E-state index is 0.0495. The molecule has 0 radical (unpaired) electrons. The maximum atomic E-state index is 12.2. The Morgan fingerprint density at radius 2 is 1.70 bits per heavy atom. The van der Waals surface area contributed by atoms with Crippen molar-refractivity contribution in [3.05, 3.63) is 87.6 Å². The van der Waals surface area contributed by atoms with Gasteiger partial charge in [-0.15, -0.1) is 0 Å². The fourth-order valence-electron chi connectivity index (χ4n) is 2.17. The normalized spacial score (nSPS) is 15.5. The zero-order valence-corrected chi connectivity index (χ0v) is 14.0. The van der Waals surface area contributed by atoms with Crippen molar-refractivity contribution in [1.82, 2.24) is 0 Å².